The summed E-state index contributed by atoms with van der Waals surface area (Å²) in [6.45, 7) is 0.624. The molecule has 3 N–H and O–H groups in total. The van der Waals surface area contributed by atoms with Crippen LogP contribution in [0.4, 0.5) is 16.4 Å². The second kappa shape index (κ2) is 7.93. The van der Waals surface area contributed by atoms with E-state index < -0.39 is 6.09 Å². The van der Waals surface area contributed by atoms with Crippen molar-refractivity contribution in [2.45, 2.75) is 6.54 Å². The van der Waals surface area contributed by atoms with E-state index in [1.807, 2.05) is 65.2 Å². The van der Waals surface area contributed by atoms with Crippen LogP contribution in [0.25, 0.3) is 16.8 Å². The molecule has 4 rings (SSSR count). The van der Waals surface area contributed by atoms with Gasteiger partial charge in [-0.3, -0.25) is 9.72 Å². The topological polar surface area (TPSA) is 87.9 Å². The minimum Gasteiger partial charge on any atom is -0.497 e. The molecule has 2 aromatic heterocycles. The number of hydrogen-bond acceptors (Lipinski definition) is 4. The molecule has 0 unspecified atom stereocenters. The standard InChI is InChI=1S/C22H20N4O3/c1-29-19-11-5-15(6-12-19)13-23-21-24-14-18-3-2-4-20(26(18)21)16-7-9-17(10-8-16)25-22(27)28/h2-12,14,25H,13H2,1H3,(H,23,24)(H,27,28). The van der Waals surface area contributed by atoms with Crippen LogP contribution in [0.3, 0.4) is 0 Å². The molecule has 7 nitrogen and oxygen atoms in total. The number of pyridine rings is 1. The fourth-order valence-electron chi connectivity index (χ4n) is 3.17. The minimum absolute atomic E-state index is 0.525. The van der Waals surface area contributed by atoms with Gasteiger partial charge in [0.15, 0.2) is 0 Å². The van der Waals surface area contributed by atoms with Crippen molar-refractivity contribution in [3.05, 3.63) is 78.5 Å². The van der Waals surface area contributed by atoms with Crippen LogP contribution in [-0.4, -0.2) is 27.7 Å². The highest BCUT2D eigenvalue weighted by Gasteiger charge is 2.10. The molecule has 1 amide bonds. The smallest absolute Gasteiger partial charge is 0.409 e. The first kappa shape index (κ1) is 18.4. The summed E-state index contributed by atoms with van der Waals surface area (Å²) in [4.78, 5) is 15.3. The lowest BCUT2D eigenvalue weighted by molar-refractivity contribution is 0.210. The Morgan fingerprint density at radius 2 is 1.83 bits per heavy atom. The van der Waals surface area contributed by atoms with E-state index in [-0.39, 0.29) is 0 Å². The molecule has 29 heavy (non-hydrogen) atoms. The van der Waals surface area contributed by atoms with E-state index in [0.29, 0.717) is 12.2 Å². The van der Waals surface area contributed by atoms with Crippen molar-refractivity contribution in [2.75, 3.05) is 17.7 Å². The van der Waals surface area contributed by atoms with Gasteiger partial charge in [0.1, 0.15) is 5.75 Å². The quantitative estimate of drug-likeness (QED) is 0.445. The number of fused-ring (bicyclic) bond motifs is 1. The molecule has 7 heteroatoms. The van der Waals surface area contributed by atoms with E-state index in [1.165, 1.54) is 0 Å². The highest BCUT2D eigenvalue weighted by molar-refractivity contribution is 5.83. The zero-order chi connectivity index (χ0) is 20.2. The highest BCUT2D eigenvalue weighted by atomic mass is 16.5. The number of benzene rings is 2. The maximum Gasteiger partial charge on any atom is 0.409 e. The first-order chi connectivity index (χ1) is 14.1. The van der Waals surface area contributed by atoms with Crippen LogP contribution in [0.5, 0.6) is 5.75 Å². The Morgan fingerprint density at radius 1 is 1.07 bits per heavy atom. The van der Waals surface area contributed by atoms with Gasteiger partial charge in [0.25, 0.3) is 0 Å². The van der Waals surface area contributed by atoms with Crippen LogP contribution in [0, 0.1) is 0 Å². The van der Waals surface area contributed by atoms with Crippen molar-refractivity contribution < 1.29 is 14.6 Å². The molecule has 0 atom stereocenters. The van der Waals surface area contributed by atoms with Crippen molar-refractivity contribution in [1.82, 2.24) is 9.38 Å². The van der Waals surface area contributed by atoms with Crippen LogP contribution in [-0.2, 0) is 6.54 Å². The van der Waals surface area contributed by atoms with E-state index in [2.05, 4.69) is 15.6 Å². The van der Waals surface area contributed by atoms with E-state index in [4.69, 9.17) is 9.84 Å². The summed E-state index contributed by atoms with van der Waals surface area (Å²) in [7, 11) is 1.65. The summed E-state index contributed by atoms with van der Waals surface area (Å²) >= 11 is 0. The summed E-state index contributed by atoms with van der Waals surface area (Å²) in [6.07, 6.45) is 0.736. The monoisotopic (exact) mass is 388 g/mol. The summed E-state index contributed by atoms with van der Waals surface area (Å²) in [6, 6.07) is 21.1. The van der Waals surface area contributed by atoms with Crippen molar-refractivity contribution in [3.63, 3.8) is 0 Å². The second-order valence-corrected chi connectivity index (χ2v) is 6.46. The van der Waals surface area contributed by atoms with Crippen LogP contribution >= 0.6 is 0 Å². The Balaban J connectivity index is 1.62. The molecule has 146 valence electrons. The summed E-state index contributed by atoms with van der Waals surface area (Å²) < 4.78 is 7.24. The van der Waals surface area contributed by atoms with Gasteiger partial charge in [0, 0.05) is 12.2 Å². The van der Waals surface area contributed by atoms with Gasteiger partial charge in [0.2, 0.25) is 5.95 Å². The number of nitrogens with one attached hydrogen (secondary N) is 2. The van der Waals surface area contributed by atoms with Crippen LogP contribution in [0.15, 0.2) is 72.9 Å². The van der Waals surface area contributed by atoms with Crippen LogP contribution < -0.4 is 15.4 Å². The Kier molecular flexibility index (Phi) is 5.03. The number of nitrogens with zero attached hydrogens (tertiary/aromatic N) is 2. The number of methoxy groups -OCH3 is 1. The molecule has 0 aliphatic rings. The van der Waals surface area contributed by atoms with Gasteiger partial charge in [-0.2, -0.15) is 0 Å². The lowest BCUT2D eigenvalue weighted by Crippen LogP contribution is -2.07. The van der Waals surface area contributed by atoms with E-state index in [0.717, 1.165) is 34.0 Å². The fraction of sp³-hybridized carbons (Fsp3) is 0.0909. The minimum atomic E-state index is -1.08. The predicted molar refractivity (Wildman–Crippen MR) is 113 cm³/mol. The van der Waals surface area contributed by atoms with Gasteiger partial charge in [-0.05, 0) is 47.5 Å². The normalized spacial score (nSPS) is 10.7. The summed E-state index contributed by atoms with van der Waals surface area (Å²) in [5, 5.41) is 14.6. The number of rotatable bonds is 6. The average molecular weight is 388 g/mol. The van der Waals surface area contributed by atoms with E-state index >= 15 is 0 Å². The van der Waals surface area contributed by atoms with Crippen molar-refractivity contribution in [3.8, 4) is 17.0 Å². The fourth-order valence-corrected chi connectivity index (χ4v) is 3.17. The molecule has 0 fully saturated rings. The van der Waals surface area contributed by atoms with Gasteiger partial charge in [-0.25, -0.2) is 9.78 Å². The molecule has 0 aliphatic carbocycles. The molecule has 2 heterocycles. The van der Waals surface area contributed by atoms with Crippen molar-refractivity contribution in [1.29, 1.82) is 0 Å². The molecule has 0 aliphatic heterocycles. The first-order valence-corrected chi connectivity index (χ1v) is 9.08. The molecular weight excluding hydrogens is 368 g/mol. The predicted octanol–water partition coefficient (Wildman–Crippen LogP) is 4.71. The van der Waals surface area contributed by atoms with Crippen LogP contribution in [0.1, 0.15) is 5.56 Å². The molecule has 0 spiro atoms. The third-order valence-corrected chi connectivity index (χ3v) is 4.59. The zero-order valence-corrected chi connectivity index (χ0v) is 15.8. The number of carbonyl (C=O) groups is 1. The molecular formula is C22H20N4O3. The Hall–Kier alpha value is -4.00. The molecule has 0 bridgehead atoms. The van der Waals surface area contributed by atoms with E-state index in [1.54, 1.807) is 19.2 Å². The average Bonchev–Trinajstić information content (AvgIpc) is 3.16. The molecule has 0 saturated heterocycles. The largest absolute Gasteiger partial charge is 0.497 e. The number of imidazole rings is 1. The Bertz CT molecular complexity index is 1140. The molecule has 2 aromatic carbocycles. The van der Waals surface area contributed by atoms with Gasteiger partial charge < -0.3 is 15.2 Å². The third kappa shape index (κ3) is 3.98. The van der Waals surface area contributed by atoms with Crippen LogP contribution in [0.2, 0.25) is 0 Å². The van der Waals surface area contributed by atoms with E-state index in [9.17, 15) is 4.79 Å². The van der Waals surface area contributed by atoms with Crippen molar-refractivity contribution in [2.24, 2.45) is 0 Å². The van der Waals surface area contributed by atoms with Gasteiger partial charge in [-0.1, -0.05) is 30.3 Å². The van der Waals surface area contributed by atoms with Gasteiger partial charge in [0.05, 0.1) is 24.5 Å². The lowest BCUT2D eigenvalue weighted by atomic mass is 10.1. The molecule has 0 radical (unpaired) electrons. The van der Waals surface area contributed by atoms with Crippen molar-refractivity contribution >= 4 is 23.2 Å². The van der Waals surface area contributed by atoms with Gasteiger partial charge >= 0.3 is 6.09 Å². The summed E-state index contributed by atoms with van der Waals surface area (Å²) in [5.41, 5.74) is 4.52. The molecule has 4 aromatic rings. The SMILES string of the molecule is COc1ccc(CNc2ncc3cccc(-c4ccc(NC(=O)O)cc4)n23)cc1. The highest BCUT2D eigenvalue weighted by Crippen LogP contribution is 2.26. The number of aromatic nitrogens is 2. The Labute approximate surface area is 167 Å². The zero-order valence-electron chi connectivity index (χ0n) is 15.8. The first-order valence-electron chi connectivity index (χ1n) is 9.08. The van der Waals surface area contributed by atoms with Gasteiger partial charge in [-0.15, -0.1) is 0 Å². The summed E-state index contributed by atoms with van der Waals surface area (Å²) in [5.74, 6) is 1.56. The number of amides is 1. The number of hydrogen-bond donors (Lipinski definition) is 3. The Morgan fingerprint density at radius 3 is 2.52 bits per heavy atom. The maximum absolute atomic E-state index is 10.8. The maximum atomic E-state index is 10.8. The number of carboxylic acid groups (broad SMARTS) is 1. The number of anilines is 2. The second-order valence-electron chi connectivity index (χ2n) is 6.46. The number of ether oxygens (including phenoxy) is 1. The third-order valence-electron chi connectivity index (χ3n) is 4.59. The molecule has 0 saturated carbocycles. The lowest BCUT2D eigenvalue weighted by Gasteiger charge is -2.11.